The Bertz CT molecular complexity index is 374. The number of carbonyl (C=O) groups excluding carboxylic acids is 1. The molecule has 1 amide bonds. The average molecular weight is 302 g/mol. The first-order valence-electron chi connectivity index (χ1n) is 5.26. The van der Waals surface area contributed by atoms with Gasteiger partial charge >= 0.3 is 0 Å². The molecule has 0 spiro atoms. The lowest BCUT2D eigenvalue weighted by molar-refractivity contribution is -0.123. The van der Waals surface area contributed by atoms with Crippen LogP contribution in [-0.2, 0) is 11.2 Å². The Morgan fingerprint density at radius 2 is 1.82 bits per heavy atom. The Morgan fingerprint density at radius 3 is 2.29 bits per heavy atom. The molecule has 0 aromatic heterocycles. The van der Waals surface area contributed by atoms with Crippen molar-refractivity contribution in [3.63, 3.8) is 0 Å². The van der Waals surface area contributed by atoms with Crippen LogP contribution < -0.4 is 5.32 Å². The topological polar surface area (TPSA) is 69.6 Å². The van der Waals surface area contributed by atoms with E-state index in [-0.39, 0.29) is 25.5 Å². The third-order valence-corrected chi connectivity index (χ3v) is 2.95. The summed E-state index contributed by atoms with van der Waals surface area (Å²) in [7, 11) is 0. The highest BCUT2D eigenvalue weighted by Crippen LogP contribution is 2.11. The first kappa shape index (κ1) is 14.2. The number of aliphatic hydroxyl groups excluding tert-OH is 2. The van der Waals surface area contributed by atoms with E-state index in [2.05, 4.69) is 21.2 Å². The number of nitrogens with one attached hydrogen (secondary N) is 1. The molecule has 0 unspecified atom stereocenters. The minimum atomic E-state index is -0.966. The number of carbonyl (C=O) groups is 1. The number of halogens is 1. The van der Waals surface area contributed by atoms with E-state index in [0.29, 0.717) is 0 Å². The zero-order valence-electron chi connectivity index (χ0n) is 9.61. The van der Waals surface area contributed by atoms with E-state index in [1.807, 2.05) is 24.3 Å². The molecule has 3 N–H and O–H groups in total. The van der Waals surface area contributed by atoms with Crippen molar-refractivity contribution >= 4 is 21.8 Å². The third kappa shape index (κ3) is 4.46. The second kappa shape index (κ2) is 6.14. The summed E-state index contributed by atoms with van der Waals surface area (Å²) >= 11 is 3.32. The molecule has 0 aliphatic heterocycles. The summed E-state index contributed by atoms with van der Waals surface area (Å²) in [6, 6.07) is 7.41. The molecular weight excluding hydrogens is 286 g/mol. The number of hydrogen-bond donors (Lipinski definition) is 3. The van der Waals surface area contributed by atoms with E-state index in [1.54, 1.807) is 6.92 Å². The quantitative estimate of drug-likeness (QED) is 0.755. The predicted octanol–water partition coefficient (Wildman–Crippen LogP) is 0.851. The molecule has 1 rings (SSSR count). The van der Waals surface area contributed by atoms with Gasteiger partial charge in [-0.2, -0.15) is 0 Å². The number of benzene rings is 1. The SMILES string of the molecule is CC(CO)(CO)NC(=O)Cc1ccc(Br)cc1. The molecule has 0 aliphatic carbocycles. The van der Waals surface area contributed by atoms with Gasteiger partial charge in [-0.25, -0.2) is 0 Å². The predicted molar refractivity (Wildman–Crippen MR) is 68.6 cm³/mol. The number of amides is 1. The van der Waals surface area contributed by atoms with Gasteiger partial charge in [-0.15, -0.1) is 0 Å². The Hall–Kier alpha value is -0.910. The standard InChI is InChI=1S/C12H16BrNO3/c1-12(7-15,8-16)14-11(17)6-9-2-4-10(13)5-3-9/h2-5,15-16H,6-8H2,1H3,(H,14,17). The molecule has 0 aliphatic rings. The average Bonchev–Trinajstić information content (AvgIpc) is 2.32. The van der Waals surface area contributed by atoms with Gasteiger partial charge in [0.15, 0.2) is 0 Å². The summed E-state index contributed by atoms with van der Waals surface area (Å²) in [5.41, 5.74) is -0.0872. The molecule has 5 heteroatoms. The zero-order chi connectivity index (χ0) is 12.9. The minimum Gasteiger partial charge on any atom is -0.394 e. The van der Waals surface area contributed by atoms with Crippen molar-refractivity contribution in [2.75, 3.05) is 13.2 Å². The van der Waals surface area contributed by atoms with Crippen LogP contribution in [0.2, 0.25) is 0 Å². The normalized spacial score (nSPS) is 11.3. The fraction of sp³-hybridized carbons (Fsp3) is 0.417. The van der Waals surface area contributed by atoms with Gasteiger partial charge in [-0.05, 0) is 24.6 Å². The van der Waals surface area contributed by atoms with E-state index in [1.165, 1.54) is 0 Å². The van der Waals surface area contributed by atoms with Gasteiger partial charge in [0.1, 0.15) is 0 Å². The molecular formula is C12H16BrNO3. The van der Waals surface area contributed by atoms with E-state index in [4.69, 9.17) is 10.2 Å². The van der Waals surface area contributed by atoms with E-state index < -0.39 is 5.54 Å². The third-order valence-electron chi connectivity index (χ3n) is 2.42. The summed E-state index contributed by atoms with van der Waals surface area (Å²) in [5.74, 6) is -0.224. The van der Waals surface area contributed by atoms with Crippen LogP contribution in [-0.4, -0.2) is 34.9 Å². The Balaban J connectivity index is 2.58. The van der Waals surface area contributed by atoms with Crippen LogP contribution >= 0.6 is 15.9 Å². The molecule has 94 valence electrons. The number of aliphatic hydroxyl groups is 2. The highest BCUT2D eigenvalue weighted by molar-refractivity contribution is 9.10. The van der Waals surface area contributed by atoms with Gasteiger partial charge in [0, 0.05) is 4.47 Å². The Kier molecular flexibility index (Phi) is 5.11. The van der Waals surface area contributed by atoms with E-state index in [9.17, 15) is 4.79 Å². The monoisotopic (exact) mass is 301 g/mol. The van der Waals surface area contributed by atoms with Crippen LogP contribution in [0.4, 0.5) is 0 Å². The van der Waals surface area contributed by atoms with Crippen molar-refractivity contribution in [1.29, 1.82) is 0 Å². The summed E-state index contributed by atoms with van der Waals surface area (Å²) in [5, 5.41) is 20.7. The molecule has 4 nitrogen and oxygen atoms in total. The van der Waals surface area contributed by atoms with Crippen LogP contribution in [0.1, 0.15) is 12.5 Å². The maximum atomic E-state index is 11.7. The highest BCUT2D eigenvalue weighted by atomic mass is 79.9. The van der Waals surface area contributed by atoms with Gasteiger partial charge < -0.3 is 15.5 Å². The maximum absolute atomic E-state index is 11.7. The van der Waals surface area contributed by atoms with E-state index >= 15 is 0 Å². The first-order chi connectivity index (χ1) is 7.99. The van der Waals surface area contributed by atoms with Crippen molar-refractivity contribution in [3.8, 4) is 0 Å². The molecule has 0 radical (unpaired) electrons. The van der Waals surface area contributed by atoms with Crippen molar-refractivity contribution in [2.24, 2.45) is 0 Å². The molecule has 0 saturated heterocycles. The molecule has 1 aromatic rings. The van der Waals surface area contributed by atoms with Crippen molar-refractivity contribution in [1.82, 2.24) is 5.32 Å². The summed E-state index contributed by atoms with van der Waals surface area (Å²) in [6.45, 7) is 0.998. The fourth-order valence-corrected chi connectivity index (χ4v) is 1.56. The Morgan fingerprint density at radius 1 is 1.29 bits per heavy atom. The zero-order valence-corrected chi connectivity index (χ0v) is 11.2. The van der Waals surface area contributed by atoms with Crippen molar-refractivity contribution in [2.45, 2.75) is 18.9 Å². The molecule has 0 atom stereocenters. The van der Waals surface area contributed by atoms with E-state index in [0.717, 1.165) is 10.0 Å². The smallest absolute Gasteiger partial charge is 0.224 e. The van der Waals surface area contributed by atoms with Crippen molar-refractivity contribution < 1.29 is 15.0 Å². The lowest BCUT2D eigenvalue weighted by Crippen LogP contribution is -2.52. The van der Waals surface area contributed by atoms with Gasteiger partial charge in [0.2, 0.25) is 5.91 Å². The Labute approximate surface area is 109 Å². The van der Waals surface area contributed by atoms with Crippen LogP contribution in [0.5, 0.6) is 0 Å². The van der Waals surface area contributed by atoms with Crippen LogP contribution in [0.15, 0.2) is 28.7 Å². The fourth-order valence-electron chi connectivity index (χ4n) is 1.30. The largest absolute Gasteiger partial charge is 0.394 e. The molecule has 0 bridgehead atoms. The van der Waals surface area contributed by atoms with Gasteiger partial charge in [0.25, 0.3) is 0 Å². The van der Waals surface area contributed by atoms with Crippen molar-refractivity contribution in [3.05, 3.63) is 34.3 Å². The first-order valence-corrected chi connectivity index (χ1v) is 6.05. The molecule has 17 heavy (non-hydrogen) atoms. The lowest BCUT2D eigenvalue weighted by atomic mass is 10.0. The van der Waals surface area contributed by atoms with Crippen LogP contribution in [0.3, 0.4) is 0 Å². The second-order valence-electron chi connectivity index (χ2n) is 4.23. The number of rotatable bonds is 5. The van der Waals surface area contributed by atoms with Crippen LogP contribution in [0, 0.1) is 0 Å². The summed E-state index contributed by atoms with van der Waals surface area (Å²) in [4.78, 5) is 11.7. The maximum Gasteiger partial charge on any atom is 0.224 e. The molecule has 0 heterocycles. The molecule has 0 fully saturated rings. The second-order valence-corrected chi connectivity index (χ2v) is 5.14. The number of hydrogen-bond acceptors (Lipinski definition) is 3. The molecule has 0 saturated carbocycles. The summed E-state index contributed by atoms with van der Waals surface area (Å²) < 4.78 is 0.956. The minimum absolute atomic E-state index is 0.224. The van der Waals surface area contributed by atoms with Crippen LogP contribution in [0.25, 0.3) is 0 Å². The summed E-state index contributed by atoms with van der Waals surface area (Å²) in [6.07, 6.45) is 0.225. The molecule has 1 aromatic carbocycles. The van der Waals surface area contributed by atoms with Gasteiger partial charge in [-0.1, -0.05) is 28.1 Å². The van der Waals surface area contributed by atoms with Gasteiger partial charge in [-0.3, -0.25) is 4.79 Å². The van der Waals surface area contributed by atoms with Gasteiger partial charge in [0.05, 0.1) is 25.2 Å². The lowest BCUT2D eigenvalue weighted by Gasteiger charge is -2.26. The highest BCUT2D eigenvalue weighted by Gasteiger charge is 2.24.